The fraction of sp³-hybridized carbons (Fsp3) is 0.150. The van der Waals surface area contributed by atoms with Gasteiger partial charge in [0, 0.05) is 17.2 Å². The van der Waals surface area contributed by atoms with Crippen LogP contribution in [0.1, 0.15) is 11.1 Å². The van der Waals surface area contributed by atoms with E-state index in [4.69, 9.17) is 26.3 Å². The highest BCUT2D eigenvalue weighted by molar-refractivity contribution is 6.30. The highest BCUT2D eigenvalue weighted by atomic mass is 35.5. The molecule has 0 saturated carbocycles. The Labute approximate surface area is 167 Å². The summed E-state index contributed by atoms with van der Waals surface area (Å²) in [6.45, 7) is 0.276. The zero-order valence-corrected chi connectivity index (χ0v) is 15.8. The maximum absolute atomic E-state index is 12.3. The molecule has 0 radical (unpaired) electrons. The van der Waals surface area contributed by atoms with E-state index in [1.165, 1.54) is 7.11 Å². The van der Waals surface area contributed by atoms with Gasteiger partial charge in [0.05, 0.1) is 31.5 Å². The average molecular weight is 397 g/mol. The summed E-state index contributed by atoms with van der Waals surface area (Å²) in [6, 6.07) is 15.9. The number of anilines is 1. The van der Waals surface area contributed by atoms with Crippen molar-refractivity contribution in [1.29, 1.82) is 5.26 Å². The Kier molecular flexibility index (Phi) is 6.14. The zero-order valence-electron chi connectivity index (χ0n) is 15.1. The van der Waals surface area contributed by atoms with Gasteiger partial charge in [-0.2, -0.15) is 10.4 Å². The number of hydrogen-bond acceptors (Lipinski definition) is 5. The van der Waals surface area contributed by atoms with Gasteiger partial charge < -0.3 is 14.8 Å². The molecule has 0 aliphatic rings. The minimum Gasteiger partial charge on any atom is -0.493 e. The maximum atomic E-state index is 12.3. The van der Waals surface area contributed by atoms with Crippen molar-refractivity contribution in [3.63, 3.8) is 0 Å². The predicted octanol–water partition coefficient (Wildman–Crippen LogP) is 3.48. The van der Waals surface area contributed by atoms with Crippen LogP contribution in [0.5, 0.6) is 11.5 Å². The molecule has 3 aromatic rings. The van der Waals surface area contributed by atoms with E-state index in [1.807, 2.05) is 18.2 Å². The van der Waals surface area contributed by atoms with Crippen molar-refractivity contribution >= 4 is 23.3 Å². The third kappa shape index (κ3) is 4.81. The van der Waals surface area contributed by atoms with Gasteiger partial charge in [0.2, 0.25) is 0 Å². The molecule has 0 saturated heterocycles. The summed E-state index contributed by atoms with van der Waals surface area (Å²) in [5.74, 6) is 0.977. The molecule has 2 aromatic carbocycles. The van der Waals surface area contributed by atoms with Crippen LogP contribution in [0, 0.1) is 11.3 Å². The van der Waals surface area contributed by atoms with E-state index in [1.54, 1.807) is 47.3 Å². The van der Waals surface area contributed by atoms with Gasteiger partial charge in [-0.05, 0) is 29.8 Å². The van der Waals surface area contributed by atoms with E-state index in [-0.39, 0.29) is 12.5 Å². The van der Waals surface area contributed by atoms with Gasteiger partial charge in [-0.3, -0.25) is 4.79 Å². The molecule has 1 N–H and O–H groups in total. The van der Waals surface area contributed by atoms with Crippen LogP contribution >= 0.6 is 11.6 Å². The van der Waals surface area contributed by atoms with E-state index in [0.29, 0.717) is 34.4 Å². The smallest absolute Gasteiger partial charge is 0.263 e. The molecule has 1 aromatic heterocycles. The second-order valence-corrected chi connectivity index (χ2v) is 6.25. The number of ether oxygens (including phenoxy) is 2. The number of nitriles is 1. The van der Waals surface area contributed by atoms with Crippen molar-refractivity contribution in [1.82, 2.24) is 9.78 Å². The molecule has 0 fully saturated rings. The molecule has 7 nitrogen and oxygen atoms in total. The van der Waals surface area contributed by atoms with Crippen LogP contribution in [-0.2, 0) is 11.3 Å². The molecular weight excluding hydrogens is 380 g/mol. The Hall–Kier alpha value is -3.50. The zero-order chi connectivity index (χ0) is 19.9. The fourth-order valence-electron chi connectivity index (χ4n) is 2.51. The summed E-state index contributed by atoms with van der Waals surface area (Å²) in [5.41, 5.74) is 1.45. The van der Waals surface area contributed by atoms with Crippen LogP contribution in [0.4, 0.5) is 5.82 Å². The monoisotopic (exact) mass is 396 g/mol. The van der Waals surface area contributed by atoms with Crippen LogP contribution in [0.2, 0.25) is 5.02 Å². The summed E-state index contributed by atoms with van der Waals surface area (Å²) >= 11 is 5.90. The Balaban J connectivity index is 1.61. The van der Waals surface area contributed by atoms with E-state index in [0.717, 1.165) is 5.56 Å². The number of amides is 1. The molecule has 1 amide bonds. The van der Waals surface area contributed by atoms with Gasteiger partial charge in [0.15, 0.2) is 18.1 Å². The second-order valence-electron chi connectivity index (χ2n) is 5.81. The van der Waals surface area contributed by atoms with Gasteiger partial charge in [-0.15, -0.1) is 0 Å². The second kappa shape index (κ2) is 8.93. The van der Waals surface area contributed by atoms with Crippen molar-refractivity contribution < 1.29 is 14.3 Å². The number of nitrogens with zero attached hydrogens (tertiary/aromatic N) is 3. The van der Waals surface area contributed by atoms with Crippen molar-refractivity contribution in [2.75, 3.05) is 19.0 Å². The number of hydrogen-bond donors (Lipinski definition) is 1. The number of carbonyl (C=O) groups is 1. The van der Waals surface area contributed by atoms with Crippen molar-refractivity contribution in [3.05, 3.63) is 70.9 Å². The molecule has 142 valence electrons. The highest BCUT2D eigenvalue weighted by Gasteiger charge is 2.11. The van der Waals surface area contributed by atoms with Crippen molar-refractivity contribution in [3.8, 4) is 17.6 Å². The third-order valence-electron chi connectivity index (χ3n) is 3.88. The lowest BCUT2D eigenvalue weighted by Gasteiger charge is -2.12. The molecule has 0 aliphatic heterocycles. The molecule has 0 unspecified atom stereocenters. The van der Waals surface area contributed by atoms with Crippen LogP contribution in [-0.4, -0.2) is 29.4 Å². The Bertz CT molecular complexity index is 1010. The summed E-state index contributed by atoms with van der Waals surface area (Å²) in [7, 11) is 1.47. The number of rotatable bonds is 7. The van der Waals surface area contributed by atoms with Crippen LogP contribution < -0.4 is 14.8 Å². The van der Waals surface area contributed by atoms with Gasteiger partial charge in [-0.1, -0.05) is 23.7 Å². The number of methoxy groups -OCH3 is 1. The summed E-state index contributed by atoms with van der Waals surface area (Å²) in [4.78, 5) is 12.3. The lowest BCUT2D eigenvalue weighted by Crippen LogP contribution is -2.22. The molecule has 0 bridgehead atoms. The van der Waals surface area contributed by atoms with E-state index in [2.05, 4.69) is 10.4 Å². The first kappa shape index (κ1) is 19.3. The molecular formula is C20H17ClN4O3. The highest BCUT2D eigenvalue weighted by Crippen LogP contribution is 2.27. The topological polar surface area (TPSA) is 89.2 Å². The fourth-order valence-corrected chi connectivity index (χ4v) is 2.63. The standard InChI is InChI=1S/C20H17ClN4O3/c1-27-18-10-15(11-22)4-7-17(18)28-13-20(26)24-19-8-9-23-25(19)12-14-2-5-16(21)6-3-14/h2-10H,12-13H2,1H3,(H,24,26). The minimum atomic E-state index is -0.343. The van der Waals surface area contributed by atoms with Crippen molar-refractivity contribution in [2.24, 2.45) is 0 Å². The number of benzene rings is 2. The predicted molar refractivity (Wildman–Crippen MR) is 105 cm³/mol. The number of carbonyl (C=O) groups excluding carboxylic acids is 1. The van der Waals surface area contributed by atoms with E-state index in [9.17, 15) is 4.79 Å². The molecule has 0 atom stereocenters. The first-order chi connectivity index (χ1) is 13.6. The first-order valence-corrected chi connectivity index (χ1v) is 8.74. The Morgan fingerprint density at radius 3 is 2.71 bits per heavy atom. The number of halogens is 1. The molecule has 0 spiro atoms. The van der Waals surface area contributed by atoms with E-state index < -0.39 is 0 Å². The quantitative estimate of drug-likeness (QED) is 0.660. The van der Waals surface area contributed by atoms with Gasteiger partial charge in [0.1, 0.15) is 5.82 Å². The van der Waals surface area contributed by atoms with Crippen LogP contribution in [0.15, 0.2) is 54.7 Å². The molecule has 28 heavy (non-hydrogen) atoms. The summed E-state index contributed by atoms with van der Waals surface area (Å²) in [5, 5.41) is 16.6. The van der Waals surface area contributed by atoms with Crippen LogP contribution in [0.3, 0.4) is 0 Å². The average Bonchev–Trinajstić information content (AvgIpc) is 3.14. The van der Waals surface area contributed by atoms with Gasteiger partial charge in [0.25, 0.3) is 5.91 Å². The van der Waals surface area contributed by atoms with E-state index >= 15 is 0 Å². The largest absolute Gasteiger partial charge is 0.493 e. The Morgan fingerprint density at radius 1 is 1.21 bits per heavy atom. The van der Waals surface area contributed by atoms with Gasteiger partial charge >= 0.3 is 0 Å². The lowest BCUT2D eigenvalue weighted by molar-refractivity contribution is -0.118. The number of nitrogens with one attached hydrogen (secondary N) is 1. The molecule has 3 rings (SSSR count). The molecule has 1 heterocycles. The van der Waals surface area contributed by atoms with Crippen LogP contribution in [0.25, 0.3) is 0 Å². The summed E-state index contributed by atoms with van der Waals surface area (Å²) < 4.78 is 12.4. The normalized spacial score (nSPS) is 10.2. The maximum Gasteiger partial charge on any atom is 0.263 e. The Morgan fingerprint density at radius 2 is 2.00 bits per heavy atom. The summed E-state index contributed by atoms with van der Waals surface area (Å²) in [6.07, 6.45) is 1.61. The number of aromatic nitrogens is 2. The first-order valence-electron chi connectivity index (χ1n) is 8.36. The SMILES string of the molecule is COc1cc(C#N)ccc1OCC(=O)Nc1ccnn1Cc1ccc(Cl)cc1. The molecule has 0 aliphatic carbocycles. The third-order valence-corrected chi connectivity index (χ3v) is 4.13. The molecule has 8 heteroatoms. The lowest BCUT2D eigenvalue weighted by atomic mass is 10.2. The van der Waals surface area contributed by atoms with Gasteiger partial charge in [-0.25, -0.2) is 4.68 Å². The minimum absolute atomic E-state index is 0.214. The van der Waals surface area contributed by atoms with Crippen molar-refractivity contribution in [2.45, 2.75) is 6.54 Å².